The average Bonchev–Trinajstić information content (AvgIpc) is 3.22. The second-order valence-electron chi connectivity index (χ2n) is 7.66. The Hall–Kier alpha value is -3.18. The summed E-state index contributed by atoms with van der Waals surface area (Å²) < 4.78 is 0. The zero-order chi connectivity index (χ0) is 19.6. The third-order valence-electron chi connectivity index (χ3n) is 5.68. The van der Waals surface area contributed by atoms with Gasteiger partial charge in [-0.3, -0.25) is 14.9 Å². The number of aryl methyl sites for hydroxylation is 1. The summed E-state index contributed by atoms with van der Waals surface area (Å²) in [5.41, 5.74) is 6.72. The molecule has 29 heavy (non-hydrogen) atoms. The SMILES string of the molecule is Cc1cc(-c2cncnc2)cc([C@@H]2CCCN2Cc2ccnc3ccccc23)n1. The molecular weight excluding hydrogens is 358 g/mol. The van der Waals surface area contributed by atoms with Crippen LogP contribution < -0.4 is 0 Å². The van der Waals surface area contributed by atoms with Gasteiger partial charge in [0.15, 0.2) is 0 Å². The normalized spacial score (nSPS) is 17.1. The quantitative estimate of drug-likeness (QED) is 0.511. The first kappa shape index (κ1) is 17.9. The molecule has 1 fully saturated rings. The molecule has 0 spiro atoms. The fourth-order valence-electron chi connectivity index (χ4n) is 4.34. The van der Waals surface area contributed by atoms with Gasteiger partial charge in [0.25, 0.3) is 0 Å². The van der Waals surface area contributed by atoms with Gasteiger partial charge in [0, 0.05) is 41.8 Å². The minimum atomic E-state index is 0.324. The molecule has 0 saturated carbocycles. The molecule has 144 valence electrons. The monoisotopic (exact) mass is 381 g/mol. The number of fused-ring (bicyclic) bond motifs is 1. The van der Waals surface area contributed by atoms with Gasteiger partial charge < -0.3 is 0 Å². The van der Waals surface area contributed by atoms with Crippen LogP contribution in [-0.4, -0.2) is 31.4 Å². The van der Waals surface area contributed by atoms with Gasteiger partial charge in [0.2, 0.25) is 0 Å². The molecule has 0 amide bonds. The average molecular weight is 381 g/mol. The van der Waals surface area contributed by atoms with Crippen LogP contribution in [0.4, 0.5) is 0 Å². The number of hydrogen-bond acceptors (Lipinski definition) is 5. The summed E-state index contributed by atoms with van der Waals surface area (Å²) in [7, 11) is 0. The van der Waals surface area contributed by atoms with Crippen LogP contribution >= 0.6 is 0 Å². The van der Waals surface area contributed by atoms with Gasteiger partial charge in [-0.05, 0) is 61.7 Å². The Morgan fingerprint density at radius 1 is 1.03 bits per heavy atom. The number of likely N-dealkylation sites (tertiary alicyclic amines) is 1. The molecule has 1 aliphatic heterocycles. The molecule has 0 radical (unpaired) electrons. The molecule has 5 rings (SSSR count). The summed E-state index contributed by atoms with van der Waals surface area (Å²) in [5, 5.41) is 1.24. The van der Waals surface area contributed by atoms with E-state index in [0.717, 1.165) is 47.5 Å². The topological polar surface area (TPSA) is 54.8 Å². The van der Waals surface area contributed by atoms with Crippen molar-refractivity contribution in [2.45, 2.75) is 32.4 Å². The highest BCUT2D eigenvalue weighted by molar-refractivity contribution is 5.81. The van der Waals surface area contributed by atoms with E-state index >= 15 is 0 Å². The van der Waals surface area contributed by atoms with Crippen LogP contribution in [0.15, 0.2) is 67.4 Å². The Morgan fingerprint density at radius 3 is 2.79 bits per heavy atom. The highest BCUT2D eigenvalue weighted by Crippen LogP contribution is 2.35. The number of hydrogen-bond donors (Lipinski definition) is 0. The zero-order valence-electron chi connectivity index (χ0n) is 16.5. The molecule has 1 aromatic carbocycles. The van der Waals surface area contributed by atoms with Gasteiger partial charge in [-0.2, -0.15) is 0 Å². The molecule has 1 atom stereocenters. The Labute approximate surface area is 170 Å². The van der Waals surface area contributed by atoms with Gasteiger partial charge in [-0.1, -0.05) is 18.2 Å². The maximum atomic E-state index is 4.90. The Balaban J connectivity index is 1.47. The Bertz CT molecular complexity index is 1140. The van der Waals surface area contributed by atoms with E-state index < -0.39 is 0 Å². The number of nitrogens with zero attached hydrogens (tertiary/aromatic N) is 5. The summed E-state index contributed by atoms with van der Waals surface area (Å²) in [6, 6.07) is 15.2. The van der Waals surface area contributed by atoms with E-state index in [4.69, 9.17) is 4.98 Å². The minimum Gasteiger partial charge on any atom is -0.290 e. The van der Waals surface area contributed by atoms with Crippen molar-refractivity contribution in [1.82, 2.24) is 24.8 Å². The van der Waals surface area contributed by atoms with Crippen molar-refractivity contribution in [3.63, 3.8) is 0 Å². The van der Waals surface area contributed by atoms with E-state index in [9.17, 15) is 0 Å². The zero-order valence-corrected chi connectivity index (χ0v) is 16.5. The predicted octanol–water partition coefficient (Wildman–Crippen LogP) is 4.73. The van der Waals surface area contributed by atoms with E-state index in [0.29, 0.717) is 6.04 Å². The van der Waals surface area contributed by atoms with E-state index in [1.165, 1.54) is 17.4 Å². The maximum Gasteiger partial charge on any atom is 0.115 e. The fraction of sp³-hybridized carbons (Fsp3) is 0.250. The standard InChI is InChI=1S/C24H23N5/c1-17-11-19(20-13-25-16-26-14-20)12-23(28-17)24-7-4-10-29(24)15-18-8-9-27-22-6-3-2-5-21(18)22/h2-3,5-6,8-9,11-14,16,24H,4,7,10,15H2,1H3/t24-/m0/s1. The second-order valence-corrected chi connectivity index (χ2v) is 7.66. The van der Waals surface area contributed by atoms with Crippen LogP contribution in [0.2, 0.25) is 0 Å². The van der Waals surface area contributed by atoms with Gasteiger partial charge >= 0.3 is 0 Å². The smallest absolute Gasteiger partial charge is 0.115 e. The molecule has 0 N–H and O–H groups in total. The molecule has 0 unspecified atom stereocenters. The Morgan fingerprint density at radius 2 is 1.90 bits per heavy atom. The number of para-hydroxylation sites is 1. The van der Waals surface area contributed by atoms with Crippen LogP contribution in [-0.2, 0) is 6.54 Å². The minimum absolute atomic E-state index is 0.324. The van der Waals surface area contributed by atoms with Crippen molar-refractivity contribution in [3.05, 3.63) is 84.3 Å². The molecule has 3 aromatic heterocycles. The molecule has 1 saturated heterocycles. The van der Waals surface area contributed by atoms with Crippen molar-refractivity contribution in [2.24, 2.45) is 0 Å². The van der Waals surface area contributed by atoms with Crippen molar-refractivity contribution in [3.8, 4) is 11.1 Å². The summed E-state index contributed by atoms with van der Waals surface area (Å²) >= 11 is 0. The number of aromatic nitrogens is 4. The maximum absolute atomic E-state index is 4.90. The first-order valence-corrected chi connectivity index (χ1v) is 10.1. The molecule has 0 aliphatic carbocycles. The van der Waals surface area contributed by atoms with E-state index in [2.05, 4.69) is 63.2 Å². The Kier molecular flexibility index (Phi) is 4.74. The van der Waals surface area contributed by atoms with E-state index in [-0.39, 0.29) is 0 Å². The van der Waals surface area contributed by atoms with Crippen LogP contribution in [0, 0.1) is 6.92 Å². The van der Waals surface area contributed by atoms with Gasteiger partial charge in [-0.25, -0.2) is 9.97 Å². The summed E-state index contributed by atoms with van der Waals surface area (Å²) in [6.45, 7) is 4.06. The first-order valence-electron chi connectivity index (χ1n) is 10.1. The highest BCUT2D eigenvalue weighted by Gasteiger charge is 2.28. The highest BCUT2D eigenvalue weighted by atomic mass is 15.2. The van der Waals surface area contributed by atoms with E-state index in [1.54, 1.807) is 6.33 Å². The van der Waals surface area contributed by atoms with Crippen molar-refractivity contribution >= 4 is 10.9 Å². The molecular formula is C24H23N5. The molecule has 1 aliphatic rings. The van der Waals surface area contributed by atoms with E-state index in [1.807, 2.05) is 24.7 Å². The summed E-state index contributed by atoms with van der Waals surface area (Å²) in [5.74, 6) is 0. The van der Waals surface area contributed by atoms with Gasteiger partial charge in [0.05, 0.1) is 17.3 Å². The predicted molar refractivity (Wildman–Crippen MR) is 114 cm³/mol. The molecule has 5 heteroatoms. The lowest BCUT2D eigenvalue weighted by molar-refractivity contribution is 0.245. The van der Waals surface area contributed by atoms with Crippen molar-refractivity contribution in [1.29, 1.82) is 0 Å². The first-order chi connectivity index (χ1) is 14.3. The van der Waals surface area contributed by atoms with Crippen molar-refractivity contribution < 1.29 is 0 Å². The molecule has 5 nitrogen and oxygen atoms in total. The molecule has 4 heterocycles. The molecule has 0 bridgehead atoms. The third-order valence-corrected chi connectivity index (χ3v) is 5.68. The summed E-state index contributed by atoms with van der Waals surface area (Å²) in [6.07, 6.45) is 9.52. The van der Waals surface area contributed by atoms with Crippen LogP contribution in [0.1, 0.15) is 35.8 Å². The number of pyridine rings is 2. The van der Waals surface area contributed by atoms with Crippen LogP contribution in [0.3, 0.4) is 0 Å². The van der Waals surface area contributed by atoms with Crippen molar-refractivity contribution in [2.75, 3.05) is 6.54 Å². The lowest BCUT2D eigenvalue weighted by Crippen LogP contribution is -2.24. The lowest BCUT2D eigenvalue weighted by atomic mass is 10.0. The van der Waals surface area contributed by atoms with Gasteiger partial charge in [-0.15, -0.1) is 0 Å². The second kappa shape index (κ2) is 7.68. The number of rotatable bonds is 4. The largest absolute Gasteiger partial charge is 0.290 e. The summed E-state index contributed by atoms with van der Waals surface area (Å²) in [4.78, 5) is 20.3. The van der Waals surface area contributed by atoms with Crippen LogP contribution in [0.25, 0.3) is 22.0 Å². The molecule has 4 aromatic rings. The lowest BCUT2D eigenvalue weighted by Gasteiger charge is -2.25. The number of benzene rings is 1. The fourth-order valence-corrected chi connectivity index (χ4v) is 4.34. The van der Waals surface area contributed by atoms with Crippen LogP contribution in [0.5, 0.6) is 0 Å². The third kappa shape index (κ3) is 3.61. The van der Waals surface area contributed by atoms with Gasteiger partial charge in [0.1, 0.15) is 6.33 Å².